The third kappa shape index (κ3) is 4.35. The van der Waals surface area contributed by atoms with Crippen molar-refractivity contribution in [2.24, 2.45) is 0 Å². The van der Waals surface area contributed by atoms with Gasteiger partial charge >= 0.3 is 0 Å². The van der Waals surface area contributed by atoms with E-state index in [0.717, 1.165) is 54.6 Å². The van der Waals surface area contributed by atoms with E-state index in [-0.39, 0.29) is 5.91 Å². The van der Waals surface area contributed by atoms with E-state index in [1.165, 1.54) is 16.8 Å². The zero-order valence-corrected chi connectivity index (χ0v) is 19.7. The maximum Gasteiger partial charge on any atom is 0.227 e. The number of methoxy groups -OCH3 is 1. The number of piperazine rings is 1. The third-order valence-electron chi connectivity index (χ3n) is 6.57. The SMILES string of the molecule is COc1ccc(N2CCN(C(=O)Cc3c(C)nn(-c4ccc(C)c(C)c4)c3C)CC2)cc1. The topological polar surface area (TPSA) is 50.6 Å². The molecule has 4 rings (SSSR count). The first-order valence-electron chi connectivity index (χ1n) is 11.2. The molecular weight excluding hydrogens is 400 g/mol. The summed E-state index contributed by atoms with van der Waals surface area (Å²) >= 11 is 0. The summed E-state index contributed by atoms with van der Waals surface area (Å²) in [6, 6.07) is 14.5. The molecule has 2 aromatic carbocycles. The molecule has 1 fully saturated rings. The zero-order chi connectivity index (χ0) is 22.8. The highest BCUT2D eigenvalue weighted by Crippen LogP contribution is 2.23. The van der Waals surface area contributed by atoms with Crippen LogP contribution in [0.4, 0.5) is 5.69 Å². The molecular formula is C26H32N4O2. The fourth-order valence-corrected chi connectivity index (χ4v) is 4.31. The van der Waals surface area contributed by atoms with E-state index in [1.54, 1.807) is 7.11 Å². The van der Waals surface area contributed by atoms with Gasteiger partial charge in [0.05, 0.1) is 24.9 Å². The lowest BCUT2D eigenvalue weighted by molar-refractivity contribution is -0.130. The van der Waals surface area contributed by atoms with Crippen molar-refractivity contribution < 1.29 is 9.53 Å². The van der Waals surface area contributed by atoms with E-state index in [9.17, 15) is 4.79 Å². The Morgan fingerprint density at radius 3 is 2.19 bits per heavy atom. The first-order valence-corrected chi connectivity index (χ1v) is 11.2. The van der Waals surface area contributed by atoms with Crippen LogP contribution in [0.5, 0.6) is 5.75 Å². The summed E-state index contributed by atoms with van der Waals surface area (Å²) < 4.78 is 7.21. The van der Waals surface area contributed by atoms with Gasteiger partial charge in [-0.25, -0.2) is 4.68 Å². The third-order valence-corrected chi connectivity index (χ3v) is 6.57. The number of amides is 1. The molecule has 0 spiro atoms. The fourth-order valence-electron chi connectivity index (χ4n) is 4.31. The molecule has 1 aliphatic rings. The molecule has 0 unspecified atom stereocenters. The van der Waals surface area contributed by atoms with Crippen molar-refractivity contribution >= 4 is 11.6 Å². The second-order valence-corrected chi connectivity index (χ2v) is 8.57. The first kappa shape index (κ1) is 21.9. The molecule has 6 nitrogen and oxygen atoms in total. The van der Waals surface area contributed by atoms with E-state index in [4.69, 9.17) is 9.84 Å². The summed E-state index contributed by atoms with van der Waals surface area (Å²) in [5.74, 6) is 1.03. The van der Waals surface area contributed by atoms with Crippen molar-refractivity contribution in [2.45, 2.75) is 34.1 Å². The number of carbonyl (C=O) groups is 1. The Balaban J connectivity index is 1.42. The van der Waals surface area contributed by atoms with Crippen LogP contribution in [0.15, 0.2) is 42.5 Å². The van der Waals surface area contributed by atoms with Crippen molar-refractivity contribution in [1.29, 1.82) is 0 Å². The Labute approximate surface area is 190 Å². The Hall–Kier alpha value is -3.28. The average molecular weight is 433 g/mol. The van der Waals surface area contributed by atoms with Crippen LogP contribution < -0.4 is 9.64 Å². The minimum atomic E-state index is 0.171. The molecule has 0 radical (unpaired) electrons. The predicted octanol–water partition coefficient (Wildman–Crippen LogP) is 4.01. The fraction of sp³-hybridized carbons (Fsp3) is 0.385. The van der Waals surface area contributed by atoms with E-state index in [1.807, 2.05) is 28.6 Å². The van der Waals surface area contributed by atoms with E-state index >= 15 is 0 Å². The Kier molecular flexibility index (Phi) is 6.21. The molecule has 0 atom stereocenters. The Morgan fingerprint density at radius 2 is 1.56 bits per heavy atom. The lowest BCUT2D eigenvalue weighted by Gasteiger charge is -2.36. The van der Waals surface area contributed by atoms with Gasteiger partial charge in [-0.05, 0) is 75.2 Å². The molecule has 2 heterocycles. The summed E-state index contributed by atoms with van der Waals surface area (Å²) in [5, 5.41) is 4.74. The van der Waals surface area contributed by atoms with Crippen molar-refractivity contribution in [3.05, 3.63) is 70.5 Å². The highest BCUT2D eigenvalue weighted by atomic mass is 16.5. The minimum absolute atomic E-state index is 0.171. The van der Waals surface area contributed by atoms with Crippen LogP contribution in [0.1, 0.15) is 28.1 Å². The monoisotopic (exact) mass is 432 g/mol. The van der Waals surface area contributed by atoms with Crippen LogP contribution in [0, 0.1) is 27.7 Å². The summed E-state index contributed by atoms with van der Waals surface area (Å²) in [7, 11) is 1.67. The summed E-state index contributed by atoms with van der Waals surface area (Å²) in [5.41, 5.74) is 7.70. The molecule has 168 valence electrons. The number of nitrogens with zero attached hydrogens (tertiary/aromatic N) is 4. The van der Waals surface area contributed by atoms with Gasteiger partial charge in [0.1, 0.15) is 5.75 Å². The molecule has 1 amide bonds. The van der Waals surface area contributed by atoms with Gasteiger partial charge < -0.3 is 14.5 Å². The molecule has 1 aliphatic heterocycles. The number of anilines is 1. The largest absolute Gasteiger partial charge is 0.497 e. The highest BCUT2D eigenvalue weighted by molar-refractivity contribution is 5.79. The summed E-state index contributed by atoms with van der Waals surface area (Å²) in [4.78, 5) is 17.4. The lowest BCUT2D eigenvalue weighted by Crippen LogP contribution is -2.49. The van der Waals surface area contributed by atoms with Crippen LogP contribution in [-0.4, -0.2) is 53.9 Å². The van der Waals surface area contributed by atoms with Gasteiger partial charge in [-0.1, -0.05) is 6.07 Å². The molecule has 1 saturated heterocycles. The first-order chi connectivity index (χ1) is 15.4. The van der Waals surface area contributed by atoms with Gasteiger partial charge in [-0.3, -0.25) is 4.79 Å². The molecule has 6 heteroatoms. The molecule has 32 heavy (non-hydrogen) atoms. The number of carbonyl (C=O) groups excluding carboxylic acids is 1. The van der Waals surface area contributed by atoms with E-state index in [0.29, 0.717) is 6.42 Å². The lowest BCUT2D eigenvalue weighted by atomic mass is 10.1. The standard InChI is InChI=1S/C26H32N4O2/c1-18-6-7-23(16-19(18)2)30-21(4)25(20(3)27-30)17-26(31)29-14-12-28(13-15-29)22-8-10-24(32-5)11-9-22/h6-11,16H,12-15,17H2,1-5H3. The maximum atomic E-state index is 13.1. The Morgan fingerprint density at radius 1 is 0.906 bits per heavy atom. The van der Waals surface area contributed by atoms with Crippen molar-refractivity contribution in [2.75, 3.05) is 38.2 Å². The number of hydrogen-bond acceptors (Lipinski definition) is 4. The zero-order valence-electron chi connectivity index (χ0n) is 19.7. The molecule has 3 aromatic rings. The smallest absolute Gasteiger partial charge is 0.227 e. The van der Waals surface area contributed by atoms with Crippen LogP contribution in [-0.2, 0) is 11.2 Å². The van der Waals surface area contributed by atoms with Gasteiger partial charge in [0, 0.05) is 43.1 Å². The van der Waals surface area contributed by atoms with Gasteiger partial charge in [-0.2, -0.15) is 5.10 Å². The predicted molar refractivity (Wildman–Crippen MR) is 128 cm³/mol. The average Bonchev–Trinajstić information content (AvgIpc) is 3.09. The minimum Gasteiger partial charge on any atom is -0.497 e. The van der Waals surface area contributed by atoms with Gasteiger partial charge in [0.15, 0.2) is 0 Å². The van der Waals surface area contributed by atoms with E-state index in [2.05, 4.69) is 56.0 Å². The number of benzene rings is 2. The highest BCUT2D eigenvalue weighted by Gasteiger charge is 2.24. The molecule has 0 aliphatic carbocycles. The summed E-state index contributed by atoms with van der Waals surface area (Å²) in [6.45, 7) is 11.4. The van der Waals surface area contributed by atoms with Crippen molar-refractivity contribution in [3.63, 3.8) is 0 Å². The van der Waals surface area contributed by atoms with Gasteiger partial charge in [0.25, 0.3) is 0 Å². The van der Waals surface area contributed by atoms with Crippen LogP contribution in [0.25, 0.3) is 5.69 Å². The summed E-state index contributed by atoms with van der Waals surface area (Å²) in [6.07, 6.45) is 0.394. The number of hydrogen-bond donors (Lipinski definition) is 0. The van der Waals surface area contributed by atoms with Crippen LogP contribution in [0.2, 0.25) is 0 Å². The number of aryl methyl sites for hydroxylation is 3. The molecule has 1 aromatic heterocycles. The Bertz CT molecular complexity index is 1110. The van der Waals surface area contributed by atoms with Crippen LogP contribution in [0.3, 0.4) is 0 Å². The van der Waals surface area contributed by atoms with E-state index < -0.39 is 0 Å². The second kappa shape index (κ2) is 9.07. The number of rotatable bonds is 5. The van der Waals surface area contributed by atoms with Crippen LogP contribution >= 0.6 is 0 Å². The van der Waals surface area contributed by atoms with Crippen molar-refractivity contribution in [3.8, 4) is 11.4 Å². The normalized spacial score (nSPS) is 14.0. The maximum absolute atomic E-state index is 13.1. The molecule has 0 saturated carbocycles. The van der Waals surface area contributed by atoms with Crippen molar-refractivity contribution in [1.82, 2.24) is 14.7 Å². The van der Waals surface area contributed by atoms with Gasteiger partial charge in [0.2, 0.25) is 5.91 Å². The molecule has 0 bridgehead atoms. The van der Waals surface area contributed by atoms with Gasteiger partial charge in [-0.15, -0.1) is 0 Å². The number of aromatic nitrogens is 2. The quantitative estimate of drug-likeness (QED) is 0.611. The molecule has 0 N–H and O–H groups in total. The number of ether oxygens (including phenoxy) is 1. The second-order valence-electron chi connectivity index (χ2n) is 8.57.